The quantitative estimate of drug-likeness (QED) is 0.806. The van der Waals surface area contributed by atoms with E-state index in [1.807, 2.05) is 6.26 Å². The molecule has 3 rings (SSSR count). The first kappa shape index (κ1) is 16.1. The zero-order chi connectivity index (χ0) is 16.6. The summed E-state index contributed by atoms with van der Waals surface area (Å²) in [5.74, 6) is 1.19. The fraction of sp³-hybridized carbons (Fsp3) is 0.400. The van der Waals surface area contributed by atoms with Gasteiger partial charge in [-0.25, -0.2) is 0 Å². The molecule has 0 radical (unpaired) electrons. The fourth-order valence-corrected chi connectivity index (χ4v) is 3.35. The van der Waals surface area contributed by atoms with Crippen molar-refractivity contribution in [1.29, 1.82) is 0 Å². The van der Waals surface area contributed by atoms with Gasteiger partial charge in [-0.1, -0.05) is 0 Å². The number of nitrogens with one attached hydrogen (secondary N) is 2. The molecule has 2 heterocycles. The molecule has 2 atom stereocenters. The smallest absolute Gasteiger partial charge is 0.265 e. The highest BCUT2D eigenvalue weighted by molar-refractivity contribution is 7.98. The van der Waals surface area contributed by atoms with E-state index in [2.05, 4.69) is 10.6 Å². The van der Waals surface area contributed by atoms with Gasteiger partial charge in [-0.3, -0.25) is 14.5 Å². The summed E-state index contributed by atoms with van der Waals surface area (Å²) in [5.41, 5.74) is 1.17. The lowest BCUT2D eigenvalue weighted by Gasteiger charge is -2.25. The number of benzene rings is 1. The van der Waals surface area contributed by atoms with Gasteiger partial charge in [0.2, 0.25) is 0 Å². The first-order chi connectivity index (χ1) is 11.0. The molecule has 1 aromatic rings. The molecule has 2 amide bonds. The Kier molecular flexibility index (Phi) is 4.45. The molecule has 122 valence electrons. The van der Waals surface area contributed by atoms with Gasteiger partial charge in [0.1, 0.15) is 11.8 Å². The largest absolute Gasteiger partial charge is 0.479 e. The summed E-state index contributed by atoms with van der Waals surface area (Å²) in [4.78, 5) is 25.8. The van der Waals surface area contributed by atoms with Gasteiger partial charge in [0.05, 0.1) is 11.4 Å². The van der Waals surface area contributed by atoms with Crippen molar-refractivity contribution in [2.75, 3.05) is 22.2 Å². The van der Waals surface area contributed by atoms with E-state index in [1.54, 1.807) is 36.9 Å². The molecular formula is C15H17N3O3S2. The number of nitrogens with zero attached hydrogens (tertiary/aromatic N) is 1. The molecular weight excluding hydrogens is 334 g/mol. The average molecular weight is 351 g/mol. The number of thioether (sulfide) groups is 1. The second-order valence-corrected chi connectivity index (χ2v) is 6.76. The number of anilines is 2. The van der Waals surface area contributed by atoms with Crippen LogP contribution in [0.4, 0.5) is 11.4 Å². The van der Waals surface area contributed by atoms with E-state index in [0.717, 1.165) is 12.2 Å². The van der Waals surface area contributed by atoms with Gasteiger partial charge in [-0.15, -0.1) is 0 Å². The number of fused-ring (bicyclic) bond motifs is 1. The second-order valence-electron chi connectivity index (χ2n) is 5.39. The maximum absolute atomic E-state index is 12.6. The van der Waals surface area contributed by atoms with Crippen molar-refractivity contribution in [2.24, 2.45) is 0 Å². The fourth-order valence-electron chi connectivity index (χ4n) is 2.54. The van der Waals surface area contributed by atoms with Crippen LogP contribution in [0, 0.1) is 0 Å². The third-order valence-electron chi connectivity index (χ3n) is 3.78. The Balaban J connectivity index is 1.85. The summed E-state index contributed by atoms with van der Waals surface area (Å²) in [7, 11) is 0. The third kappa shape index (κ3) is 3.00. The summed E-state index contributed by atoms with van der Waals surface area (Å²) in [6.07, 6.45) is 2.20. The Morgan fingerprint density at radius 2 is 2.17 bits per heavy atom. The Labute approximate surface area is 143 Å². The predicted molar refractivity (Wildman–Crippen MR) is 95.2 cm³/mol. The Morgan fingerprint density at radius 1 is 1.39 bits per heavy atom. The van der Waals surface area contributed by atoms with E-state index in [-0.39, 0.29) is 17.9 Å². The van der Waals surface area contributed by atoms with E-state index in [0.29, 0.717) is 22.2 Å². The van der Waals surface area contributed by atoms with Crippen molar-refractivity contribution >= 4 is 52.3 Å². The highest BCUT2D eigenvalue weighted by atomic mass is 32.2. The van der Waals surface area contributed by atoms with Gasteiger partial charge in [0.25, 0.3) is 11.8 Å². The van der Waals surface area contributed by atoms with Crippen LogP contribution in [0.2, 0.25) is 0 Å². The minimum Gasteiger partial charge on any atom is -0.479 e. The lowest BCUT2D eigenvalue weighted by atomic mass is 10.2. The SMILES string of the molecule is CSCC[C@@H]1NC(=S)N(c2ccc3c(c2)NC(=O)[C@H](C)O3)C1=O. The monoisotopic (exact) mass is 351 g/mol. The number of carbonyl (C=O) groups excluding carboxylic acids is 2. The standard InChI is InChI=1S/C15H17N3O3S2/c1-8-13(19)16-11-7-9(3-4-12(11)21-8)18-14(20)10(5-6-23-2)17-15(18)22/h3-4,7-8,10H,5-6H2,1-2H3,(H,16,19)(H,17,22)/t8-,10-/m0/s1. The normalized spacial score (nSPS) is 23.2. The van der Waals surface area contributed by atoms with E-state index in [1.165, 1.54) is 4.90 Å². The second kappa shape index (κ2) is 6.37. The van der Waals surface area contributed by atoms with Gasteiger partial charge in [0.15, 0.2) is 11.2 Å². The molecule has 23 heavy (non-hydrogen) atoms. The van der Waals surface area contributed by atoms with Crippen molar-refractivity contribution in [3.63, 3.8) is 0 Å². The van der Waals surface area contributed by atoms with Gasteiger partial charge >= 0.3 is 0 Å². The molecule has 1 fully saturated rings. The maximum atomic E-state index is 12.6. The molecule has 0 spiro atoms. The molecule has 6 nitrogen and oxygen atoms in total. The molecule has 0 unspecified atom stereocenters. The van der Waals surface area contributed by atoms with Crippen LogP contribution in [0.5, 0.6) is 5.75 Å². The van der Waals surface area contributed by atoms with E-state index < -0.39 is 6.10 Å². The summed E-state index contributed by atoms with van der Waals surface area (Å²) in [6, 6.07) is 4.93. The highest BCUT2D eigenvalue weighted by Crippen LogP contribution is 2.34. The number of hydrogen-bond acceptors (Lipinski definition) is 5. The minimum absolute atomic E-state index is 0.0691. The first-order valence-corrected chi connectivity index (χ1v) is 9.06. The molecule has 0 bridgehead atoms. The highest BCUT2D eigenvalue weighted by Gasteiger charge is 2.36. The van der Waals surface area contributed by atoms with Crippen LogP contribution in [0.25, 0.3) is 0 Å². The van der Waals surface area contributed by atoms with Crippen molar-refractivity contribution in [2.45, 2.75) is 25.5 Å². The molecule has 8 heteroatoms. The Bertz CT molecular complexity index is 680. The molecule has 1 saturated heterocycles. The first-order valence-electron chi connectivity index (χ1n) is 7.26. The number of hydrogen-bond donors (Lipinski definition) is 2. The van der Waals surface area contributed by atoms with Crippen molar-refractivity contribution in [1.82, 2.24) is 5.32 Å². The Hall–Kier alpha value is -1.80. The van der Waals surface area contributed by atoms with E-state index in [9.17, 15) is 9.59 Å². The zero-order valence-corrected chi connectivity index (χ0v) is 14.4. The van der Waals surface area contributed by atoms with Gasteiger partial charge in [0, 0.05) is 0 Å². The van der Waals surface area contributed by atoms with Gasteiger partial charge in [-0.05, 0) is 55.8 Å². The minimum atomic E-state index is -0.527. The van der Waals surface area contributed by atoms with Crippen LogP contribution in [0.3, 0.4) is 0 Å². The van der Waals surface area contributed by atoms with Crippen molar-refractivity contribution in [3.05, 3.63) is 18.2 Å². The Morgan fingerprint density at radius 3 is 2.91 bits per heavy atom. The number of carbonyl (C=O) groups is 2. The van der Waals surface area contributed by atoms with Gasteiger partial charge < -0.3 is 15.4 Å². The summed E-state index contributed by atoms with van der Waals surface area (Å²) < 4.78 is 5.52. The molecule has 0 aromatic heterocycles. The molecule has 2 aliphatic heterocycles. The van der Waals surface area contributed by atoms with Crippen LogP contribution < -0.4 is 20.3 Å². The lowest BCUT2D eigenvalue weighted by molar-refractivity contribution is -0.122. The maximum Gasteiger partial charge on any atom is 0.265 e. The number of rotatable bonds is 4. The number of ether oxygens (including phenoxy) is 1. The molecule has 2 aliphatic rings. The molecule has 1 aromatic carbocycles. The van der Waals surface area contributed by atoms with Crippen molar-refractivity contribution < 1.29 is 14.3 Å². The average Bonchev–Trinajstić information content (AvgIpc) is 2.80. The lowest BCUT2D eigenvalue weighted by Crippen LogP contribution is -2.35. The zero-order valence-electron chi connectivity index (χ0n) is 12.8. The van der Waals surface area contributed by atoms with Crippen LogP contribution in [0.1, 0.15) is 13.3 Å². The van der Waals surface area contributed by atoms with Crippen LogP contribution in [0.15, 0.2) is 18.2 Å². The topological polar surface area (TPSA) is 70.7 Å². The third-order valence-corrected chi connectivity index (χ3v) is 4.73. The number of thiocarbonyl (C=S) groups is 1. The molecule has 0 aliphatic carbocycles. The van der Waals surface area contributed by atoms with Crippen LogP contribution in [-0.2, 0) is 9.59 Å². The molecule has 0 saturated carbocycles. The van der Waals surface area contributed by atoms with Gasteiger partial charge in [-0.2, -0.15) is 11.8 Å². The van der Waals surface area contributed by atoms with E-state index >= 15 is 0 Å². The number of amides is 2. The summed E-state index contributed by atoms with van der Waals surface area (Å²) in [6.45, 7) is 1.69. The summed E-state index contributed by atoms with van der Waals surface area (Å²) >= 11 is 6.98. The van der Waals surface area contributed by atoms with Crippen molar-refractivity contribution in [3.8, 4) is 5.75 Å². The molecule has 2 N–H and O–H groups in total. The van der Waals surface area contributed by atoms with Crippen LogP contribution in [-0.4, -0.2) is 41.1 Å². The predicted octanol–water partition coefficient (Wildman–Crippen LogP) is 1.75. The van der Waals surface area contributed by atoms with E-state index in [4.69, 9.17) is 17.0 Å². The summed E-state index contributed by atoms with van der Waals surface area (Å²) in [5, 5.41) is 6.23. The van der Waals surface area contributed by atoms with Crippen LogP contribution >= 0.6 is 24.0 Å².